The lowest BCUT2D eigenvalue weighted by Crippen LogP contribution is -2.39. The van der Waals surface area contributed by atoms with Crippen LogP contribution >= 0.6 is 0 Å². The normalized spacial score (nSPS) is 23.7. The Morgan fingerprint density at radius 2 is 1.94 bits per heavy atom. The van der Waals surface area contributed by atoms with Crippen LogP contribution < -0.4 is 5.32 Å². The van der Waals surface area contributed by atoms with E-state index in [4.69, 9.17) is 4.74 Å². The molecule has 1 fully saturated rings. The van der Waals surface area contributed by atoms with Crippen LogP contribution in [0.2, 0.25) is 0 Å². The molecular formula is C14H19NO3. The predicted octanol–water partition coefficient (Wildman–Crippen LogP) is 1.57. The molecule has 4 nitrogen and oxygen atoms in total. The van der Waals surface area contributed by atoms with Crippen LogP contribution in [0.15, 0.2) is 24.3 Å². The van der Waals surface area contributed by atoms with E-state index < -0.39 is 0 Å². The molecule has 1 aliphatic rings. The predicted molar refractivity (Wildman–Crippen MR) is 68.8 cm³/mol. The summed E-state index contributed by atoms with van der Waals surface area (Å²) >= 11 is 0. The van der Waals surface area contributed by atoms with Gasteiger partial charge in [0.15, 0.2) is 0 Å². The van der Waals surface area contributed by atoms with E-state index in [2.05, 4.69) is 10.1 Å². The van der Waals surface area contributed by atoms with Crippen LogP contribution in [-0.4, -0.2) is 39.4 Å². The second-order valence-corrected chi connectivity index (χ2v) is 4.56. The lowest BCUT2D eigenvalue weighted by Gasteiger charge is -2.29. The average molecular weight is 249 g/mol. The number of ether oxygens (including phenoxy) is 2. The molecule has 0 aromatic heterocycles. The molecule has 1 saturated heterocycles. The van der Waals surface area contributed by atoms with Gasteiger partial charge in [-0.05, 0) is 30.0 Å². The summed E-state index contributed by atoms with van der Waals surface area (Å²) in [5, 5.41) is 3.37. The quantitative estimate of drug-likeness (QED) is 0.826. The van der Waals surface area contributed by atoms with Crippen molar-refractivity contribution < 1.29 is 14.3 Å². The van der Waals surface area contributed by atoms with E-state index in [-0.39, 0.29) is 12.1 Å². The molecule has 1 heterocycles. The molecule has 0 spiro atoms. The fraction of sp³-hybridized carbons (Fsp3) is 0.500. The Bertz CT molecular complexity index is 402. The van der Waals surface area contributed by atoms with Gasteiger partial charge >= 0.3 is 5.97 Å². The number of rotatable bonds is 3. The van der Waals surface area contributed by atoms with Crippen LogP contribution in [0.4, 0.5) is 0 Å². The third kappa shape index (κ3) is 2.89. The number of carbonyl (C=O) groups excluding carboxylic acids is 1. The van der Waals surface area contributed by atoms with Gasteiger partial charge in [-0.15, -0.1) is 0 Å². The lowest BCUT2D eigenvalue weighted by molar-refractivity contribution is 0.0600. The number of carbonyl (C=O) groups is 1. The van der Waals surface area contributed by atoms with Gasteiger partial charge in [0.25, 0.3) is 0 Å². The van der Waals surface area contributed by atoms with Crippen molar-refractivity contribution in [3.8, 4) is 0 Å². The molecule has 1 aliphatic heterocycles. The number of hydrogen-bond donors (Lipinski definition) is 1. The number of esters is 1. The summed E-state index contributed by atoms with van der Waals surface area (Å²) in [6.45, 7) is 1.87. The average Bonchev–Trinajstić information content (AvgIpc) is 2.46. The summed E-state index contributed by atoms with van der Waals surface area (Å²) in [4.78, 5) is 11.3. The Kier molecular flexibility index (Phi) is 4.33. The molecule has 1 N–H and O–H groups in total. The molecule has 1 aromatic rings. The first-order valence-corrected chi connectivity index (χ1v) is 6.16. The van der Waals surface area contributed by atoms with E-state index in [0.29, 0.717) is 11.5 Å². The van der Waals surface area contributed by atoms with Gasteiger partial charge in [-0.1, -0.05) is 12.1 Å². The van der Waals surface area contributed by atoms with Crippen molar-refractivity contribution >= 4 is 5.97 Å². The maximum Gasteiger partial charge on any atom is 0.337 e. The molecule has 0 amide bonds. The number of nitrogens with one attached hydrogen (secondary N) is 1. The topological polar surface area (TPSA) is 47.6 Å². The molecular weight excluding hydrogens is 230 g/mol. The molecule has 1 unspecified atom stereocenters. The molecule has 2 rings (SSSR count). The van der Waals surface area contributed by atoms with E-state index in [0.717, 1.165) is 19.5 Å². The van der Waals surface area contributed by atoms with Gasteiger partial charge in [0.2, 0.25) is 0 Å². The van der Waals surface area contributed by atoms with Crippen molar-refractivity contribution in [3.05, 3.63) is 35.4 Å². The van der Waals surface area contributed by atoms with Gasteiger partial charge in [0.1, 0.15) is 0 Å². The minimum absolute atomic E-state index is 0.268. The molecule has 4 heteroatoms. The fourth-order valence-electron chi connectivity index (χ4n) is 2.35. The minimum atomic E-state index is -0.293. The largest absolute Gasteiger partial charge is 0.465 e. The SMILES string of the molecule is COC(=O)c1ccc(C2CNC[C@H](OC)C2)cc1. The monoisotopic (exact) mass is 249 g/mol. The van der Waals surface area contributed by atoms with Crippen molar-refractivity contribution in [3.63, 3.8) is 0 Å². The van der Waals surface area contributed by atoms with E-state index in [1.165, 1.54) is 12.7 Å². The van der Waals surface area contributed by atoms with Crippen LogP contribution in [0.5, 0.6) is 0 Å². The molecule has 0 radical (unpaired) electrons. The molecule has 18 heavy (non-hydrogen) atoms. The highest BCUT2D eigenvalue weighted by Gasteiger charge is 2.22. The summed E-state index contributed by atoms with van der Waals surface area (Å²) in [7, 11) is 3.14. The Hall–Kier alpha value is -1.39. The number of benzene rings is 1. The Labute approximate surface area is 107 Å². The zero-order valence-electron chi connectivity index (χ0n) is 10.8. The van der Waals surface area contributed by atoms with E-state index in [1.807, 2.05) is 24.3 Å². The van der Waals surface area contributed by atoms with Gasteiger partial charge in [-0.25, -0.2) is 4.79 Å². The molecule has 0 aliphatic carbocycles. The summed E-state index contributed by atoms with van der Waals surface area (Å²) < 4.78 is 10.1. The van der Waals surface area contributed by atoms with E-state index in [9.17, 15) is 4.79 Å². The third-order valence-electron chi connectivity index (χ3n) is 3.45. The van der Waals surface area contributed by atoms with Crippen molar-refractivity contribution in [1.29, 1.82) is 0 Å². The number of methoxy groups -OCH3 is 2. The first kappa shape index (κ1) is 13.1. The van der Waals surface area contributed by atoms with Gasteiger partial charge in [-0.2, -0.15) is 0 Å². The highest BCUT2D eigenvalue weighted by molar-refractivity contribution is 5.89. The first-order chi connectivity index (χ1) is 8.74. The summed E-state index contributed by atoms with van der Waals surface area (Å²) in [6, 6.07) is 7.63. The van der Waals surface area contributed by atoms with Crippen LogP contribution in [0.3, 0.4) is 0 Å². The van der Waals surface area contributed by atoms with Crippen molar-refractivity contribution in [2.45, 2.75) is 18.4 Å². The van der Waals surface area contributed by atoms with Crippen molar-refractivity contribution in [2.75, 3.05) is 27.3 Å². The second-order valence-electron chi connectivity index (χ2n) is 4.56. The fourth-order valence-corrected chi connectivity index (χ4v) is 2.35. The summed E-state index contributed by atoms with van der Waals surface area (Å²) in [5.74, 6) is 0.147. The van der Waals surface area contributed by atoms with Crippen LogP contribution in [0.25, 0.3) is 0 Å². The smallest absolute Gasteiger partial charge is 0.337 e. The Morgan fingerprint density at radius 1 is 1.22 bits per heavy atom. The maximum absolute atomic E-state index is 11.3. The zero-order chi connectivity index (χ0) is 13.0. The molecule has 1 aromatic carbocycles. The van der Waals surface area contributed by atoms with Gasteiger partial charge < -0.3 is 14.8 Å². The van der Waals surface area contributed by atoms with Crippen LogP contribution in [0.1, 0.15) is 28.3 Å². The van der Waals surface area contributed by atoms with Crippen molar-refractivity contribution in [2.24, 2.45) is 0 Å². The molecule has 2 atom stereocenters. The highest BCUT2D eigenvalue weighted by Crippen LogP contribution is 2.24. The standard InChI is InChI=1S/C14H19NO3/c1-17-13-7-12(8-15-9-13)10-3-5-11(6-4-10)14(16)18-2/h3-6,12-13,15H,7-9H2,1-2H3/t12?,13-/m1/s1. The Morgan fingerprint density at radius 3 is 2.56 bits per heavy atom. The van der Waals surface area contributed by atoms with E-state index >= 15 is 0 Å². The van der Waals surface area contributed by atoms with Gasteiger partial charge in [-0.3, -0.25) is 0 Å². The molecule has 0 saturated carbocycles. The van der Waals surface area contributed by atoms with E-state index in [1.54, 1.807) is 7.11 Å². The minimum Gasteiger partial charge on any atom is -0.465 e. The lowest BCUT2D eigenvalue weighted by atomic mass is 9.90. The summed E-state index contributed by atoms with van der Waals surface area (Å²) in [6.07, 6.45) is 1.28. The first-order valence-electron chi connectivity index (χ1n) is 6.16. The molecule has 0 bridgehead atoms. The second kappa shape index (κ2) is 5.98. The highest BCUT2D eigenvalue weighted by atomic mass is 16.5. The maximum atomic E-state index is 11.3. The zero-order valence-corrected chi connectivity index (χ0v) is 10.8. The number of hydrogen-bond acceptors (Lipinski definition) is 4. The van der Waals surface area contributed by atoms with Crippen molar-refractivity contribution in [1.82, 2.24) is 5.32 Å². The van der Waals surface area contributed by atoms with Gasteiger partial charge in [0.05, 0.1) is 18.8 Å². The molecule has 98 valence electrons. The summed E-state index contributed by atoms with van der Waals surface area (Å²) in [5.41, 5.74) is 1.82. The van der Waals surface area contributed by atoms with Crippen LogP contribution in [-0.2, 0) is 9.47 Å². The third-order valence-corrected chi connectivity index (χ3v) is 3.45. The van der Waals surface area contributed by atoms with Gasteiger partial charge in [0, 0.05) is 20.2 Å². The number of piperidine rings is 1. The van der Waals surface area contributed by atoms with Crippen LogP contribution in [0, 0.1) is 0 Å². The Balaban J connectivity index is 2.07.